The smallest absolute Gasteiger partial charge is 0.323 e. The van der Waals surface area contributed by atoms with Crippen LogP contribution in [0.2, 0.25) is 0 Å². The topological polar surface area (TPSA) is 71.8 Å². The normalized spacial score (nSPS) is 16.1. The second kappa shape index (κ2) is 6.09. The van der Waals surface area contributed by atoms with Gasteiger partial charge in [0, 0.05) is 32.0 Å². The van der Waals surface area contributed by atoms with Crippen LogP contribution in [0.1, 0.15) is 29.0 Å². The summed E-state index contributed by atoms with van der Waals surface area (Å²) in [5.74, 6) is -1.22. The van der Waals surface area contributed by atoms with Crippen LogP contribution in [0.5, 0.6) is 0 Å². The third kappa shape index (κ3) is 3.01. The van der Waals surface area contributed by atoms with Gasteiger partial charge >= 0.3 is 5.97 Å². The van der Waals surface area contributed by atoms with Crippen molar-refractivity contribution in [1.82, 2.24) is 9.47 Å². The van der Waals surface area contributed by atoms with Crippen LogP contribution in [0, 0.1) is 6.92 Å². The Balaban J connectivity index is 2.23. The van der Waals surface area contributed by atoms with Crippen molar-refractivity contribution in [2.75, 3.05) is 19.8 Å². The van der Waals surface area contributed by atoms with Crippen LogP contribution >= 0.6 is 0 Å². The maximum Gasteiger partial charge on any atom is 0.323 e. The minimum atomic E-state index is -0.990. The molecule has 1 aliphatic rings. The van der Waals surface area contributed by atoms with Crippen LogP contribution in [-0.2, 0) is 16.6 Å². The van der Waals surface area contributed by atoms with Crippen molar-refractivity contribution in [2.24, 2.45) is 7.05 Å². The highest BCUT2D eigenvalue weighted by atomic mass is 16.5. The molecule has 0 aromatic carbocycles. The minimum Gasteiger partial charge on any atom is -0.480 e. The number of nitrogens with zero attached hydrogens (tertiary/aromatic N) is 2. The summed E-state index contributed by atoms with van der Waals surface area (Å²) in [6, 6.07) is 3.53. The van der Waals surface area contributed by atoms with Gasteiger partial charge in [0.2, 0.25) is 0 Å². The Bertz CT molecular complexity index is 503. The average Bonchev–Trinajstić information content (AvgIpc) is 2.76. The molecule has 2 rings (SSSR count). The van der Waals surface area contributed by atoms with Gasteiger partial charge in [-0.25, -0.2) is 0 Å². The SMILES string of the molecule is Cc1ccc(C(=O)N(CC(=O)O)C2CCOCC2)n1C. The van der Waals surface area contributed by atoms with Crippen LogP contribution in [0.25, 0.3) is 0 Å². The van der Waals surface area contributed by atoms with E-state index in [1.165, 1.54) is 4.90 Å². The summed E-state index contributed by atoms with van der Waals surface area (Å²) in [6.45, 7) is 2.78. The van der Waals surface area contributed by atoms with Gasteiger partial charge in [-0.05, 0) is 31.9 Å². The number of hydrogen-bond donors (Lipinski definition) is 1. The molecule has 0 bridgehead atoms. The first-order chi connectivity index (χ1) is 9.50. The van der Waals surface area contributed by atoms with Crippen molar-refractivity contribution in [3.63, 3.8) is 0 Å². The number of amides is 1. The van der Waals surface area contributed by atoms with Crippen molar-refractivity contribution in [3.8, 4) is 0 Å². The molecule has 1 fully saturated rings. The van der Waals surface area contributed by atoms with E-state index in [1.807, 2.05) is 20.0 Å². The predicted molar refractivity (Wildman–Crippen MR) is 72.7 cm³/mol. The van der Waals surface area contributed by atoms with Gasteiger partial charge in [-0.15, -0.1) is 0 Å². The lowest BCUT2D eigenvalue weighted by Gasteiger charge is -2.33. The van der Waals surface area contributed by atoms with E-state index in [-0.39, 0.29) is 18.5 Å². The van der Waals surface area contributed by atoms with E-state index >= 15 is 0 Å². The summed E-state index contributed by atoms with van der Waals surface area (Å²) in [5, 5.41) is 9.05. The van der Waals surface area contributed by atoms with Crippen molar-refractivity contribution < 1.29 is 19.4 Å². The summed E-state index contributed by atoms with van der Waals surface area (Å²) in [4.78, 5) is 25.1. The minimum absolute atomic E-state index is 0.0671. The summed E-state index contributed by atoms with van der Waals surface area (Å²) in [6.07, 6.45) is 1.37. The van der Waals surface area contributed by atoms with Gasteiger partial charge < -0.3 is 19.3 Å². The van der Waals surface area contributed by atoms with E-state index in [9.17, 15) is 9.59 Å². The van der Waals surface area contributed by atoms with Crippen LogP contribution in [0.3, 0.4) is 0 Å². The lowest BCUT2D eigenvalue weighted by molar-refractivity contribution is -0.138. The number of aromatic nitrogens is 1. The Hall–Kier alpha value is -1.82. The third-order valence-electron chi connectivity index (χ3n) is 3.79. The van der Waals surface area contributed by atoms with Crippen LogP contribution in [-0.4, -0.2) is 52.3 Å². The van der Waals surface area contributed by atoms with E-state index in [0.29, 0.717) is 31.7 Å². The highest BCUT2D eigenvalue weighted by Crippen LogP contribution is 2.18. The summed E-state index contributed by atoms with van der Waals surface area (Å²) in [5.41, 5.74) is 1.49. The molecule has 0 radical (unpaired) electrons. The Labute approximate surface area is 117 Å². The second-order valence-electron chi connectivity index (χ2n) is 5.09. The third-order valence-corrected chi connectivity index (χ3v) is 3.79. The predicted octanol–water partition coefficient (Wildman–Crippen LogP) is 1.04. The fourth-order valence-corrected chi connectivity index (χ4v) is 2.48. The molecule has 0 aliphatic carbocycles. The fraction of sp³-hybridized carbons (Fsp3) is 0.571. The molecule has 6 heteroatoms. The van der Waals surface area contributed by atoms with Gasteiger partial charge in [0.05, 0.1) is 0 Å². The highest BCUT2D eigenvalue weighted by Gasteiger charge is 2.29. The van der Waals surface area contributed by atoms with Gasteiger partial charge in [-0.3, -0.25) is 9.59 Å². The number of carboxylic acid groups (broad SMARTS) is 1. The molecule has 6 nitrogen and oxygen atoms in total. The monoisotopic (exact) mass is 280 g/mol. The number of carboxylic acids is 1. The Kier molecular flexibility index (Phi) is 4.44. The standard InChI is InChI=1S/C14H20N2O4/c1-10-3-4-12(15(10)2)14(19)16(9-13(17)18)11-5-7-20-8-6-11/h3-4,11H,5-9H2,1-2H3,(H,17,18). The quantitative estimate of drug-likeness (QED) is 0.894. The molecule has 1 saturated heterocycles. The Morgan fingerprint density at radius 2 is 2.05 bits per heavy atom. The lowest BCUT2D eigenvalue weighted by atomic mass is 10.1. The van der Waals surface area contributed by atoms with Gasteiger partial charge in [0.15, 0.2) is 0 Å². The average molecular weight is 280 g/mol. The first kappa shape index (κ1) is 14.6. The van der Waals surface area contributed by atoms with Gasteiger partial charge in [0.1, 0.15) is 12.2 Å². The Morgan fingerprint density at radius 1 is 1.40 bits per heavy atom. The first-order valence-electron chi connectivity index (χ1n) is 6.73. The number of carbonyl (C=O) groups is 2. The molecule has 0 atom stereocenters. The van der Waals surface area contributed by atoms with Gasteiger partial charge in [0.25, 0.3) is 5.91 Å². The molecule has 1 N–H and O–H groups in total. The van der Waals surface area contributed by atoms with Crippen molar-refractivity contribution in [1.29, 1.82) is 0 Å². The Morgan fingerprint density at radius 3 is 2.55 bits per heavy atom. The zero-order chi connectivity index (χ0) is 14.7. The molecule has 0 unspecified atom stereocenters. The molecular formula is C14H20N2O4. The first-order valence-corrected chi connectivity index (χ1v) is 6.73. The number of aryl methyl sites for hydroxylation is 1. The molecule has 1 aliphatic heterocycles. The number of rotatable bonds is 4. The van der Waals surface area contributed by atoms with Crippen LogP contribution < -0.4 is 0 Å². The van der Waals surface area contributed by atoms with Crippen molar-refractivity contribution >= 4 is 11.9 Å². The summed E-state index contributed by atoms with van der Waals surface area (Å²) >= 11 is 0. The van der Waals surface area contributed by atoms with Crippen molar-refractivity contribution in [3.05, 3.63) is 23.5 Å². The van der Waals surface area contributed by atoms with Crippen LogP contribution in [0.4, 0.5) is 0 Å². The maximum atomic E-state index is 12.6. The molecule has 110 valence electrons. The molecule has 2 heterocycles. The van der Waals surface area contributed by atoms with Gasteiger partial charge in [-0.2, -0.15) is 0 Å². The zero-order valence-corrected chi connectivity index (χ0v) is 11.8. The summed E-state index contributed by atoms with van der Waals surface area (Å²) in [7, 11) is 1.81. The number of hydrogen-bond acceptors (Lipinski definition) is 3. The zero-order valence-electron chi connectivity index (χ0n) is 11.8. The number of aliphatic carboxylic acids is 1. The lowest BCUT2D eigenvalue weighted by Crippen LogP contribution is -2.46. The molecule has 1 aromatic rings. The maximum absolute atomic E-state index is 12.6. The van der Waals surface area contributed by atoms with E-state index < -0.39 is 5.97 Å². The van der Waals surface area contributed by atoms with E-state index in [0.717, 1.165) is 5.69 Å². The molecule has 20 heavy (non-hydrogen) atoms. The number of carbonyl (C=O) groups excluding carboxylic acids is 1. The van der Waals surface area contributed by atoms with Crippen LogP contribution in [0.15, 0.2) is 12.1 Å². The van der Waals surface area contributed by atoms with Crippen molar-refractivity contribution in [2.45, 2.75) is 25.8 Å². The van der Waals surface area contributed by atoms with E-state index in [2.05, 4.69) is 0 Å². The highest BCUT2D eigenvalue weighted by molar-refractivity contribution is 5.95. The van der Waals surface area contributed by atoms with E-state index in [4.69, 9.17) is 9.84 Å². The largest absolute Gasteiger partial charge is 0.480 e. The summed E-state index contributed by atoms with van der Waals surface area (Å²) < 4.78 is 7.07. The molecule has 0 spiro atoms. The van der Waals surface area contributed by atoms with Gasteiger partial charge in [-0.1, -0.05) is 0 Å². The fourth-order valence-electron chi connectivity index (χ4n) is 2.48. The number of ether oxygens (including phenoxy) is 1. The molecule has 0 saturated carbocycles. The second-order valence-corrected chi connectivity index (χ2v) is 5.09. The molecule has 1 aromatic heterocycles. The molecule has 1 amide bonds. The van der Waals surface area contributed by atoms with E-state index in [1.54, 1.807) is 10.6 Å². The molecular weight excluding hydrogens is 260 g/mol.